The molecule has 9 heteroatoms. The van der Waals surface area contributed by atoms with Gasteiger partial charge >= 0.3 is 0 Å². The Bertz CT molecular complexity index is 1110. The standard InChI is InChI=1S/C25H29N5O3S/c1-19-6-5-9-21(18-19)30-24(29-12-16-33-17-13-29)26-27-25(30)34-22(20-7-3-2-4-8-20)23(31)28-10-14-32-15-11-28/h2-9,18,22H,10-17H2,1H3/t22-/m0/s1. The molecular formula is C25H29N5O3S. The first-order chi connectivity index (χ1) is 16.7. The van der Waals surface area contributed by atoms with E-state index in [1.165, 1.54) is 11.8 Å². The number of hydrogen-bond acceptors (Lipinski definition) is 7. The third-order valence-corrected chi connectivity index (χ3v) is 7.23. The highest BCUT2D eigenvalue weighted by Crippen LogP contribution is 2.38. The molecule has 0 bridgehead atoms. The van der Waals surface area contributed by atoms with E-state index >= 15 is 0 Å². The molecule has 3 heterocycles. The quantitative estimate of drug-likeness (QED) is 0.503. The number of nitrogens with zero attached hydrogens (tertiary/aromatic N) is 5. The van der Waals surface area contributed by atoms with Crippen LogP contribution in [0.2, 0.25) is 0 Å². The molecule has 8 nitrogen and oxygen atoms in total. The summed E-state index contributed by atoms with van der Waals surface area (Å²) in [5, 5.41) is 9.44. The average molecular weight is 480 g/mol. The monoisotopic (exact) mass is 479 g/mol. The van der Waals surface area contributed by atoms with Gasteiger partial charge in [0.25, 0.3) is 0 Å². The molecule has 1 aromatic heterocycles. The van der Waals surface area contributed by atoms with Crippen LogP contribution < -0.4 is 4.90 Å². The van der Waals surface area contributed by atoms with Gasteiger partial charge in [0.15, 0.2) is 5.16 Å². The van der Waals surface area contributed by atoms with Crippen LogP contribution in [0.5, 0.6) is 0 Å². The van der Waals surface area contributed by atoms with Crippen LogP contribution in [0.3, 0.4) is 0 Å². The third kappa shape index (κ3) is 4.96. The van der Waals surface area contributed by atoms with Gasteiger partial charge in [0.1, 0.15) is 5.25 Å². The van der Waals surface area contributed by atoms with Crippen LogP contribution in [0.25, 0.3) is 5.69 Å². The molecule has 2 aromatic carbocycles. The molecule has 34 heavy (non-hydrogen) atoms. The highest BCUT2D eigenvalue weighted by Gasteiger charge is 2.31. The minimum Gasteiger partial charge on any atom is -0.378 e. The number of benzene rings is 2. The lowest BCUT2D eigenvalue weighted by Crippen LogP contribution is -2.42. The summed E-state index contributed by atoms with van der Waals surface area (Å²) < 4.78 is 13.1. The summed E-state index contributed by atoms with van der Waals surface area (Å²) in [6.07, 6.45) is 0. The Morgan fingerprint density at radius 1 is 0.912 bits per heavy atom. The Morgan fingerprint density at radius 2 is 1.62 bits per heavy atom. The predicted octanol–water partition coefficient (Wildman–Crippen LogP) is 3.10. The second-order valence-corrected chi connectivity index (χ2v) is 9.47. The Balaban J connectivity index is 1.54. The highest BCUT2D eigenvalue weighted by atomic mass is 32.2. The Morgan fingerprint density at radius 3 is 2.32 bits per heavy atom. The first-order valence-corrected chi connectivity index (χ1v) is 12.5. The van der Waals surface area contributed by atoms with Crippen molar-refractivity contribution in [2.45, 2.75) is 17.3 Å². The van der Waals surface area contributed by atoms with Crippen molar-refractivity contribution < 1.29 is 14.3 Å². The first kappa shape index (κ1) is 22.9. The summed E-state index contributed by atoms with van der Waals surface area (Å²) in [5.74, 6) is 0.855. The zero-order chi connectivity index (χ0) is 23.3. The number of morpholine rings is 2. The van der Waals surface area contributed by atoms with Crippen molar-refractivity contribution in [1.82, 2.24) is 19.7 Å². The number of anilines is 1. The third-order valence-electron chi connectivity index (χ3n) is 6.04. The molecule has 0 unspecified atom stereocenters. The maximum atomic E-state index is 13.7. The number of carbonyl (C=O) groups is 1. The Labute approximate surface area is 203 Å². The van der Waals surface area contributed by atoms with Crippen molar-refractivity contribution >= 4 is 23.6 Å². The molecule has 2 fully saturated rings. The zero-order valence-corrected chi connectivity index (χ0v) is 20.1. The van der Waals surface area contributed by atoms with Crippen LogP contribution >= 0.6 is 11.8 Å². The number of hydrogen-bond donors (Lipinski definition) is 0. The van der Waals surface area contributed by atoms with E-state index in [0.29, 0.717) is 44.7 Å². The van der Waals surface area contributed by atoms with Gasteiger partial charge in [-0.2, -0.15) is 0 Å². The molecular weight excluding hydrogens is 450 g/mol. The summed E-state index contributed by atoms with van der Waals surface area (Å²) in [4.78, 5) is 17.8. The van der Waals surface area contributed by atoms with E-state index < -0.39 is 5.25 Å². The van der Waals surface area contributed by atoms with Crippen molar-refractivity contribution in [2.75, 3.05) is 57.5 Å². The van der Waals surface area contributed by atoms with Crippen LogP contribution in [0.15, 0.2) is 59.8 Å². The van der Waals surface area contributed by atoms with E-state index in [9.17, 15) is 4.79 Å². The first-order valence-electron chi connectivity index (χ1n) is 11.6. The molecule has 178 valence electrons. The van der Waals surface area contributed by atoms with Gasteiger partial charge in [0.05, 0.1) is 32.1 Å². The molecule has 1 atom stereocenters. The second kappa shape index (κ2) is 10.6. The topological polar surface area (TPSA) is 72.7 Å². The number of amides is 1. The van der Waals surface area contributed by atoms with Crippen LogP contribution in [0.4, 0.5) is 5.95 Å². The maximum Gasteiger partial charge on any atom is 0.240 e. The van der Waals surface area contributed by atoms with Gasteiger partial charge in [-0.05, 0) is 30.2 Å². The maximum absolute atomic E-state index is 13.7. The molecule has 2 aliphatic heterocycles. The molecule has 0 N–H and O–H groups in total. The fraction of sp³-hybridized carbons (Fsp3) is 0.400. The summed E-state index contributed by atoms with van der Waals surface area (Å²) >= 11 is 1.46. The van der Waals surface area contributed by atoms with Gasteiger partial charge in [0, 0.05) is 26.2 Å². The Hall–Kier alpha value is -2.88. The summed E-state index contributed by atoms with van der Waals surface area (Å²) in [5.41, 5.74) is 3.09. The SMILES string of the molecule is Cc1cccc(-n2c(S[C@H](C(=O)N3CCOCC3)c3ccccc3)nnc2N2CCOCC2)c1. The van der Waals surface area contributed by atoms with Gasteiger partial charge in [0.2, 0.25) is 11.9 Å². The van der Waals surface area contributed by atoms with Crippen molar-refractivity contribution in [3.8, 4) is 5.69 Å². The zero-order valence-electron chi connectivity index (χ0n) is 19.3. The molecule has 5 rings (SSSR count). The lowest BCUT2D eigenvalue weighted by atomic mass is 10.1. The number of carbonyl (C=O) groups excluding carboxylic acids is 1. The van der Waals surface area contributed by atoms with Gasteiger partial charge in [-0.3, -0.25) is 9.36 Å². The van der Waals surface area contributed by atoms with Crippen LogP contribution in [-0.2, 0) is 14.3 Å². The van der Waals surface area contributed by atoms with E-state index in [4.69, 9.17) is 9.47 Å². The van der Waals surface area contributed by atoms with E-state index in [-0.39, 0.29) is 5.91 Å². The molecule has 0 radical (unpaired) electrons. The highest BCUT2D eigenvalue weighted by molar-refractivity contribution is 8.00. The molecule has 0 saturated carbocycles. The average Bonchev–Trinajstić information content (AvgIpc) is 3.32. The van der Waals surface area contributed by atoms with Crippen LogP contribution in [-0.4, -0.2) is 78.2 Å². The number of rotatable bonds is 6. The van der Waals surface area contributed by atoms with Crippen molar-refractivity contribution in [2.24, 2.45) is 0 Å². The summed E-state index contributed by atoms with van der Waals surface area (Å²) in [6, 6.07) is 18.2. The molecule has 1 amide bonds. The van der Waals surface area contributed by atoms with Gasteiger partial charge in [-0.1, -0.05) is 54.2 Å². The molecule has 0 spiro atoms. The van der Waals surface area contributed by atoms with Crippen LogP contribution in [0, 0.1) is 6.92 Å². The summed E-state index contributed by atoms with van der Waals surface area (Å²) in [7, 11) is 0. The molecule has 2 aliphatic rings. The molecule has 2 saturated heterocycles. The number of aromatic nitrogens is 3. The van der Waals surface area contributed by atoms with E-state index in [2.05, 4.69) is 44.8 Å². The number of thioether (sulfide) groups is 1. The fourth-order valence-electron chi connectivity index (χ4n) is 4.24. The second-order valence-electron chi connectivity index (χ2n) is 8.40. The normalized spacial score (nSPS) is 17.6. The van der Waals surface area contributed by atoms with Crippen LogP contribution in [0.1, 0.15) is 16.4 Å². The fourth-order valence-corrected chi connectivity index (χ4v) is 5.38. The Kier molecular flexibility index (Phi) is 7.13. The van der Waals surface area contributed by atoms with Gasteiger partial charge in [-0.15, -0.1) is 10.2 Å². The lowest BCUT2D eigenvalue weighted by Gasteiger charge is -2.30. The number of aryl methyl sites for hydroxylation is 1. The minimum atomic E-state index is -0.426. The largest absolute Gasteiger partial charge is 0.378 e. The minimum absolute atomic E-state index is 0.0752. The van der Waals surface area contributed by atoms with E-state index in [1.54, 1.807) is 0 Å². The smallest absolute Gasteiger partial charge is 0.240 e. The van der Waals surface area contributed by atoms with E-state index in [1.807, 2.05) is 41.3 Å². The van der Waals surface area contributed by atoms with Crippen molar-refractivity contribution in [3.63, 3.8) is 0 Å². The van der Waals surface area contributed by atoms with Gasteiger partial charge in [-0.25, -0.2) is 0 Å². The molecule has 3 aromatic rings. The van der Waals surface area contributed by atoms with Crippen molar-refractivity contribution in [3.05, 3.63) is 65.7 Å². The summed E-state index contributed by atoms with van der Waals surface area (Å²) in [6.45, 7) is 7.24. The van der Waals surface area contributed by atoms with Crippen molar-refractivity contribution in [1.29, 1.82) is 0 Å². The lowest BCUT2D eigenvalue weighted by molar-refractivity contribution is -0.134. The number of ether oxygens (including phenoxy) is 2. The van der Waals surface area contributed by atoms with E-state index in [0.717, 1.165) is 35.9 Å². The predicted molar refractivity (Wildman–Crippen MR) is 132 cm³/mol. The molecule has 0 aliphatic carbocycles. The van der Waals surface area contributed by atoms with Gasteiger partial charge < -0.3 is 19.3 Å².